The summed E-state index contributed by atoms with van der Waals surface area (Å²) >= 11 is 0. The van der Waals surface area contributed by atoms with E-state index in [4.69, 9.17) is 33.4 Å². The van der Waals surface area contributed by atoms with Crippen molar-refractivity contribution in [3.63, 3.8) is 0 Å². The molecule has 6 rings (SSSR count). The summed E-state index contributed by atoms with van der Waals surface area (Å²) in [4.78, 5) is 39.7. The predicted octanol–water partition coefficient (Wildman–Crippen LogP) is 1.49. The van der Waals surface area contributed by atoms with Crippen LogP contribution in [0.3, 0.4) is 0 Å². The van der Waals surface area contributed by atoms with E-state index in [-0.39, 0.29) is 25.6 Å². The second kappa shape index (κ2) is 15.3. The van der Waals surface area contributed by atoms with Crippen molar-refractivity contribution >= 4 is 35.9 Å². The van der Waals surface area contributed by atoms with Crippen LogP contribution in [0.5, 0.6) is 0 Å². The number of aromatic nitrogens is 5. The Labute approximate surface area is 270 Å². The first-order chi connectivity index (χ1) is 23.1. The average molecular weight is 651 g/mol. The number of aliphatic hydroxyl groups is 1. The standard InChI is InChI=1S/C31H38N8O8/c1-2-21-15-23(47-37-21)25-26(44-18-41)27(45-19-42)30(46-25)39-17-33-24-28(34-22(16-40)14-20-6-4-3-5-7-20)35-31(36-29(24)39)32-8-9-38-10-12-43-13-11-38/h3-7,15,17-19,22,25-27,30,40H,2,8-14,16H2,1H3,(H2,32,34,35,36)/t22-,25+,26+,27+,30+/m0/s1. The van der Waals surface area contributed by atoms with Crippen LogP contribution < -0.4 is 10.6 Å². The Bertz CT molecular complexity index is 1610. The minimum Gasteiger partial charge on any atom is -0.457 e. The molecule has 2 aliphatic rings. The van der Waals surface area contributed by atoms with Crippen molar-refractivity contribution in [1.29, 1.82) is 0 Å². The smallest absolute Gasteiger partial charge is 0.293 e. The number of carbonyl (C=O) groups excluding carboxylic acids is 2. The number of imidazole rings is 1. The number of aryl methyl sites for hydroxylation is 1. The van der Waals surface area contributed by atoms with E-state index in [0.29, 0.717) is 67.0 Å². The summed E-state index contributed by atoms with van der Waals surface area (Å²) in [6, 6.07) is 11.1. The Morgan fingerprint density at radius 3 is 2.62 bits per heavy atom. The van der Waals surface area contributed by atoms with Crippen molar-refractivity contribution in [3.8, 4) is 0 Å². The largest absolute Gasteiger partial charge is 0.457 e. The van der Waals surface area contributed by atoms with Crippen molar-refractivity contribution in [1.82, 2.24) is 29.6 Å². The number of anilines is 2. The molecule has 0 amide bonds. The molecule has 0 saturated carbocycles. The normalized spacial score (nSPS) is 22.2. The van der Waals surface area contributed by atoms with Gasteiger partial charge < -0.3 is 39.2 Å². The van der Waals surface area contributed by atoms with Gasteiger partial charge in [-0.1, -0.05) is 42.4 Å². The molecule has 2 fully saturated rings. The number of nitrogens with zero attached hydrogens (tertiary/aromatic N) is 6. The summed E-state index contributed by atoms with van der Waals surface area (Å²) in [5.74, 6) is 1.02. The number of ether oxygens (including phenoxy) is 4. The van der Waals surface area contributed by atoms with Crippen LogP contribution in [-0.2, 0) is 41.4 Å². The highest BCUT2D eigenvalue weighted by atomic mass is 16.6. The molecule has 16 heteroatoms. The van der Waals surface area contributed by atoms with Crippen LogP contribution in [0.4, 0.5) is 11.8 Å². The van der Waals surface area contributed by atoms with Crippen molar-refractivity contribution < 1.29 is 38.2 Å². The van der Waals surface area contributed by atoms with Crippen LogP contribution in [0.2, 0.25) is 0 Å². The summed E-state index contributed by atoms with van der Waals surface area (Å²) in [7, 11) is 0. The molecule has 250 valence electrons. The first-order valence-electron chi connectivity index (χ1n) is 15.6. The van der Waals surface area contributed by atoms with E-state index in [0.717, 1.165) is 25.2 Å². The van der Waals surface area contributed by atoms with Gasteiger partial charge in [0.25, 0.3) is 12.9 Å². The molecular formula is C31H38N8O8. The highest BCUT2D eigenvalue weighted by Gasteiger charge is 2.51. The summed E-state index contributed by atoms with van der Waals surface area (Å²) in [5, 5.41) is 21.0. The molecule has 2 aliphatic heterocycles. The average Bonchev–Trinajstić information content (AvgIpc) is 3.83. The first-order valence-corrected chi connectivity index (χ1v) is 15.6. The highest BCUT2D eigenvalue weighted by Crippen LogP contribution is 2.43. The van der Waals surface area contributed by atoms with Crippen LogP contribution in [0, 0.1) is 0 Å². The molecule has 0 radical (unpaired) electrons. The number of fused-ring (bicyclic) bond motifs is 1. The minimum absolute atomic E-state index is 0.162. The maximum absolute atomic E-state index is 11.7. The number of carbonyl (C=O) groups is 2. The number of hydrogen-bond donors (Lipinski definition) is 3. The third kappa shape index (κ3) is 7.35. The van der Waals surface area contributed by atoms with Gasteiger partial charge >= 0.3 is 0 Å². The van der Waals surface area contributed by atoms with Gasteiger partial charge in [0, 0.05) is 32.2 Å². The maximum Gasteiger partial charge on any atom is 0.293 e. The predicted molar refractivity (Wildman–Crippen MR) is 166 cm³/mol. The lowest BCUT2D eigenvalue weighted by molar-refractivity contribution is -0.151. The second-order valence-electron chi connectivity index (χ2n) is 11.2. The number of nitrogens with one attached hydrogen (secondary N) is 2. The zero-order chi connectivity index (χ0) is 32.6. The molecule has 47 heavy (non-hydrogen) atoms. The molecule has 0 aliphatic carbocycles. The molecule has 16 nitrogen and oxygen atoms in total. The molecule has 3 aromatic heterocycles. The number of hydrogen-bond acceptors (Lipinski definition) is 15. The van der Waals surface area contributed by atoms with Crippen molar-refractivity contribution in [2.45, 2.75) is 50.3 Å². The Balaban J connectivity index is 1.34. The third-order valence-corrected chi connectivity index (χ3v) is 8.23. The van der Waals surface area contributed by atoms with E-state index in [1.54, 1.807) is 10.6 Å². The number of morpholine rings is 1. The van der Waals surface area contributed by atoms with Gasteiger partial charge in [0.1, 0.15) is 0 Å². The lowest BCUT2D eigenvalue weighted by Crippen LogP contribution is -2.39. The fraction of sp³-hybridized carbons (Fsp3) is 0.484. The van der Waals surface area contributed by atoms with Crippen LogP contribution in [-0.4, -0.2) is 112 Å². The summed E-state index contributed by atoms with van der Waals surface area (Å²) in [6.07, 6.45) is -1.43. The second-order valence-corrected chi connectivity index (χ2v) is 11.2. The zero-order valence-corrected chi connectivity index (χ0v) is 25.9. The third-order valence-electron chi connectivity index (χ3n) is 8.23. The van der Waals surface area contributed by atoms with Gasteiger partial charge in [-0.3, -0.25) is 19.1 Å². The van der Waals surface area contributed by atoms with Gasteiger partial charge in [0.15, 0.2) is 47.3 Å². The molecule has 4 aromatic rings. The molecule has 0 unspecified atom stereocenters. The molecular weight excluding hydrogens is 612 g/mol. The summed E-state index contributed by atoms with van der Waals surface area (Å²) in [6.45, 7) is 6.69. The van der Waals surface area contributed by atoms with Crippen LogP contribution in [0.1, 0.15) is 36.3 Å². The first kappa shape index (κ1) is 32.3. The van der Waals surface area contributed by atoms with E-state index in [9.17, 15) is 14.7 Å². The van der Waals surface area contributed by atoms with Gasteiger partial charge in [0.05, 0.1) is 37.9 Å². The monoisotopic (exact) mass is 650 g/mol. The SMILES string of the molecule is CCc1cc([C@H]2O[C@@H](n3cnc4c(N[C@H](CO)Cc5ccccc5)nc(NCCN5CCOCC5)nc43)[C@H](OC=O)[C@@H]2OC=O)on1. The summed E-state index contributed by atoms with van der Waals surface area (Å²) in [5.41, 5.74) is 2.48. The lowest BCUT2D eigenvalue weighted by Gasteiger charge is -2.26. The minimum atomic E-state index is -1.08. The molecule has 0 spiro atoms. The number of benzene rings is 1. The van der Waals surface area contributed by atoms with Crippen molar-refractivity contribution in [3.05, 3.63) is 59.7 Å². The Kier molecular flexibility index (Phi) is 10.5. The Morgan fingerprint density at radius 1 is 1.11 bits per heavy atom. The Morgan fingerprint density at radius 2 is 1.89 bits per heavy atom. The van der Waals surface area contributed by atoms with E-state index in [2.05, 4.69) is 25.7 Å². The topological polar surface area (TPSA) is 188 Å². The molecule has 3 N–H and O–H groups in total. The Hall–Kier alpha value is -4.64. The zero-order valence-electron chi connectivity index (χ0n) is 25.9. The van der Waals surface area contributed by atoms with Crippen molar-refractivity contribution in [2.75, 3.05) is 56.6 Å². The number of rotatable bonds is 16. The molecule has 5 heterocycles. The molecule has 0 bridgehead atoms. The van der Waals surface area contributed by atoms with Crippen LogP contribution in [0.15, 0.2) is 47.2 Å². The quantitative estimate of drug-likeness (QED) is 0.148. The molecule has 2 saturated heterocycles. The van der Waals surface area contributed by atoms with Gasteiger partial charge in [-0.2, -0.15) is 9.97 Å². The molecule has 5 atom stereocenters. The van der Waals surface area contributed by atoms with Crippen molar-refractivity contribution in [2.24, 2.45) is 0 Å². The van der Waals surface area contributed by atoms with Gasteiger partial charge in [-0.05, 0) is 18.4 Å². The van der Waals surface area contributed by atoms with E-state index >= 15 is 0 Å². The highest BCUT2D eigenvalue weighted by molar-refractivity contribution is 5.84. The van der Waals surface area contributed by atoms with E-state index in [1.807, 2.05) is 37.3 Å². The molecule has 1 aromatic carbocycles. The van der Waals surface area contributed by atoms with Gasteiger partial charge in [0.2, 0.25) is 5.95 Å². The fourth-order valence-electron chi connectivity index (χ4n) is 5.83. The van der Waals surface area contributed by atoms with Gasteiger partial charge in [-0.25, -0.2) is 4.98 Å². The van der Waals surface area contributed by atoms with Crippen LogP contribution in [0.25, 0.3) is 11.2 Å². The summed E-state index contributed by atoms with van der Waals surface area (Å²) < 4.78 is 29.8. The lowest BCUT2D eigenvalue weighted by atomic mass is 10.1. The van der Waals surface area contributed by atoms with Crippen LogP contribution >= 0.6 is 0 Å². The van der Waals surface area contributed by atoms with E-state index in [1.165, 1.54) is 6.33 Å². The fourth-order valence-corrected chi connectivity index (χ4v) is 5.83. The van der Waals surface area contributed by atoms with Gasteiger partial charge in [-0.15, -0.1) is 0 Å². The number of aliphatic hydroxyl groups excluding tert-OH is 1. The van der Waals surface area contributed by atoms with E-state index < -0.39 is 24.5 Å². The maximum atomic E-state index is 11.7.